The fourth-order valence-corrected chi connectivity index (χ4v) is 5.54. The van der Waals surface area contributed by atoms with E-state index in [1.54, 1.807) is 24.3 Å². The largest absolute Gasteiger partial charge is 0.452 e. The van der Waals surface area contributed by atoms with Gasteiger partial charge in [0.1, 0.15) is 11.9 Å². The third kappa shape index (κ3) is 5.34. The summed E-state index contributed by atoms with van der Waals surface area (Å²) in [6.07, 6.45) is 0.634. The maximum atomic E-state index is 13.6. The molecule has 2 aromatic carbocycles. The Morgan fingerprint density at radius 1 is 1.03 bits per heavy atom. The van der Waals surface area contributed by atoms with Gasteiger partial charge in [0.2, 0.25) is 5.91 Å². The van der Waals surface area contributed by atoms with Crippen LogP contribution in [0.3, 0.4) is 0 Å². The summed E-state index contributed by atoms with van der Waals surface area (Å²) in [5, 5.41) is 0. The van der Waals surface area contributed by atoms with E-state index in [9.17, 15) is 22.4 Å². The molecule has 2 aliphatic heterocycles. The summed E-state index contributed by atoms with van der Waals surface area (Å²) < 4.78 is 44.2. The van der Waals surface area contributed by atoms with Crippen LogP contribution in [0.25, 0.3) is 0 Å². The molecular weight excluding hydrogens is 475 g/mol. The monoisotopic (exact) mass is 504 g/mol. The summed E-state index contributed by atoms with van der Waals surface area (Å²) in [4.78, 5) is 30.5. The van der Waals surface area contributed by atoms with Gasteiger partial charge in [-0.3, -0.25) is 4.79 Å². The summed E-state index contributed by atoms with van der Waals surface area (Å²) in [5.41, 5.74) is 2.69. The van der Waals surface area contributed by atoms with Crippen LogP contribution in [0.4, 0.5) is 20.6 Å². The van der Waals surface area contributed by atoms with Gasteiger partial charge in [0.25, 0.3) is 10.0 Å². The molecule has 1 atom stereocenters. The lowest BCUT2D eigenvalue weighted by Gasteiger charge is -2.41. The Hall–Kier alpha value is -3.34. The topological polar surface area (TPSA) is 99.3 Å². The average molecular weight is 505 g/mol. The van der Waals surface area contributed by atoms with Crippen molar-refractivity contribution in [2.24, 2.45) is 0 Å². The van der Waals surface area contributed by atoms with Crippen molar-refractivity contribution in [3.63, 3.8) is 0 Å². The number of nitrogens with one attached hydrogen (secondary N) is 1. The number of hydrogen-bond donors (Lipinski definition) is 1. The minimum atomic E-state index is -4.00. The van der Waals surface area contributed by atoms with Crippen molar-refractivity contribution in [3.8, 4) is 0 Å². The molecule has 2 heterocycles. The second kappa shape index (κ2) is 10.1. The quantitative estimate of drug-likeness (QED) is 0.667. The Morgan fingerprint density at radius 2 is 1.71 bits per heavy atom. The number of sulfonamides is 1. The molecule has 9 nitrogen and oxygen atoms in total. The van der Waals surface area contributed by atoms with Gasteiger partial charge in [-0.1, -0.05) is 0 Å². The number of hydrogen-bond acceptors (Lipinski definition) is 7. The molecule has 1 fully saturated rings. The average Bonchev–Trinajstić information content (AvgIpc) is 2.87. The zero-order valence-electron chi connectivity index (χ0n) is 19.7. The Labute approximate surface area is 204 Å². The predicted octanol–water partition coefficient (Wildman–Crippen LogP) is 2.36. The Balaban J connectivity index is 1.37. The first-order valence-electron chi connectivity index (χ1n) is 11.5. The number of piperazine rings is 1. The van der Waals surface area contributed by atoms with Crippen molar-refractivity contribution in [1.82, 2.24) is 9.62 Å². The number of rotatable bonds is 5. The van der Waals surface area contributed by atoms with Gasteiger partial charge in [0.15, 0.2) is 0 Å². The molecule has 0 spiro atoms. The van der Waals surface area contributed by atoms with E-state index in [1.165, 1.54) is 18.2 Å². The first kappa shape index (κ1) is 24.8. The number of halogens is 1. The van der Waals surface area contributed by atoms with Gasteiger partial charge in [-0.05, 0) is 67.8 Å². The van der Waals surface area contributed by atoms with Crippen LogP contribution in [0.5, 0.6) is 0 Å². The molecule has 2 aliphatic rings. The third-order valence-electron chi connectivity index (χ3n) is 6.53. The molecule has 188 valence electrons. The lowest BCUT2D eigenvalue weighted by Crippen LogP contribution is -2.55. The van der Waals surface area contributed by atoms with E-state index in [4.69, 9.17) is 0 Å². The van der Waals surface area contributed by atoms with Crippen LogP contribution < -0.4 is 14.5 Å². The van der Waals surface area contributed by atoms with Gasteiger partial charge in [0, 0.05) is 44.1 Å². The predicted molar refractivity (Wildman–Crippen MR) is 129 cm³/mol. The lowest BCUT2D eigenvalue weighted by atomic mass is 9.99. The number of methoxy groups -OCH3 is 1. The first-order chi connectivity index (χ1) is 16.7. The van der Waals surface area contributed by atoms with E-state index in [2.05, 4.69) is 14.5 Å². The highest BCUT2D eigenvalue weighted by atomic mass is 32.2. The summed E-state index contributed by atoms with van der Waals surface area (Å²) in [7, 11) is -2.92. The molecule has 1 unspecified atom stereocenters. The number of ether oxygens (including phenoxy) is 1. The third-order valence-corrected chi connectivity index (χ3v) is 7.86. The lowest BCUT2D eigenvalue weighted by molar-refractivity contribution is -0.132. The van der Waals surface area contributed by atoms with Crippen molar-refractivity contribution < 1.29 is 27.1 Å². The number of anilines is 2. The van der Waals surface area contributed by atoms with Crippen LogP contribution in [0.2, 0.25) is 0 Å². The van der Waals surface area contributed by atoms with Crippen molar-refractivity contribution >= 4 is 33.4 Å². The number of carbonyl (C=O) groups is 2. The highest BCUT2D eigenvalue weighted by Gasteiger charge is 2.31. The fraction of sp³-hybridized carbons (Fsp3) is 0.417. The van der Waals surface area contributed by atoms with Crippen LogP contribution >= 0.6 is 0 Å². The Morgan fingerprint density at radius 3 is 2.37 bits per heavy atom. The van der Waals surface area contributed by atoms with Crippen LogP contribution in [0.15, 0.2) is 47.4 Å². The molecule has 0 bridgehead atoms. The van der Waals surface area contributed by atoms with Crippen molar-refractivity contribution in [1.29, 1.82) is 0 Å². The van der Waals surface area contributed by atoms with Crippen molar-refractivity contribution in [2.75, 3.05) is 49.6 Å². The summed E-state index contributed by atoms with van der Waals surface area (Å²) in [6, 6.07) is 10.6. The van der Waals surface area contributed by atoms with E-state index in [0.29, 0.717) is 26.2 Å². The maximum Gasteiger partial charge on any atom is 0.420 e. The second-order valence-corrected chi connectivity index (χ2v) is 10.3. The number of carbonyl (C=O) groups excluding carboxylic acids is 2. The highest BCUT2D eigenvalue weighted by molar-refractivity contribution is 7.90. The standard InChI is InChI=1S/C24H29FN4O5S/c1-17(29-11-3-4-18-16-19(25)5-10-22(18)29)23(30)28-14-12-27(13-15-28)20-6-8-21(9-7-20)35(32,33)26-24(31)34-2/h5-10,16-17H,3-4,11-15H2,1-2H3,(H,26,31). The second-order valence-electron chi connectivity index (χ2n) is 8.65. The number of benzene rings is 2. The van der Waals surface area contributed by atoms with Gasteiger partial charge >= 0.3 is 6.09 Å². The van der Waals surface area contributed by atoms with E-state index in [-0.39, 0.29) is 22.7 Å². The van der Waals surface area contributed by atoms with Crippen molar-refractivity contribution in [3.05, 3.63) is 53.8 Å². The number of aryl methyl sites for hydroxylation is 1. The van der Waals surface area contributed by atoms with E-state index in [1.807, 2.05) is 16.5 Å². The van der Waals surface area contributed by atoms with Gasteiger partial charge in [-0.15, -0.1) is 0 Å². The van der Waals surface area contributed by atoms with Gasteiger partial charge in [0.05, 0.1) is 12.0 Å². The molecule has 0 aromatic heterocycles. The van der Waals surface area contributed by atoms with Gasteiger partial charge in [-0.25, -0.2) is 22.3 Å². The van der Waals surface area contributed by atoms with Crippen LogP contribution in [-0.2, 0) is 26.0 Å². The fourth-order valence-electron chi connectivity index (χ4n) is 4.63. The van der Waals surface area contributed by atoms with Crippen LogP contribution in [-0.4, -0.2) is 71.2 Å². The number of fused-ring (bicyclic) bond motifs is 1. The normalized spacial score (nSPS) is 16.9. The molecule has 1 N–H and O–H groups in total. The highest BCUT2D eigenvalue weighted by Crippen LogP contribution is 2.30. The van der Waals surface area contributed by atoms with Gasteiger partial charge < -0.3 is 19.4 Å². The van der Waals surface area contributed by atoms with Crippen molar-refractivity contribution in [2.45, 2.75) is 30.7 Å². The molecule has 0 radical (unpaired) electrons. The molecule has 0 saturated carbocycles. The van der Waals surface area contributed by atoms with Crippen LogP contribution in [0.1, 0.15) is 18.9 Å². The summed E-state index contributed by atoms with van der Waals surface area (Å²) in [5.74, 6) is -0.219. The Kier molecular flexibility index (Phi) is 7.15. The van der Waals surface area contributed by atoms with E-state index < -0.39 is 16.1 Å². The number of amides is 2. The van der Waals surface area contributed by atoms with E-state index in [0.717, 1.165) is 43.4 Å². The minimum absolute atomic E-state index is 0.0390. The molecule has 4 rings (SSSR count). The Bertz CT molecular complexity index is 1200. The molecule has 2 amide bonds. The first-order valence-corrected chi connectivity index (χ1v) is 13.0. The smallest absolute Gasteiger partial charge is 0.420 e. The molecule has 2 aromatic rings. The molecule has 1 saturated heterocycles. The molecule has 0 aliphatic carbocycles. The summed E-state index contributed by atoms with van der Waals surface area (Å²) >= 11 is 0. The SMILES string of the molecule is COC(=O)NS(=O)(=O)c1ccc(N2CCN(C(=O)C(C)N3CCCc4cc(F)ccc43)CC2)cc1. The minimum Gasteiger partial charge on any atom is -0.452 e. The van der Waals surface area contributed by atoms with Crippen LogP contribution in [0, 0.1) is 5.82 Å². The summed E-state index contributed by atoms with van der Waals surface area (Å²) in [6.45, 7) is 4.94. The number of nitrogens with zero attached hydrogens (tertiary/aromatic N) is 3. The molecular formula is C24H29FN4O5S. The molecule has 35 heavy (non-hydrogen) atoms. The zero-order valence-corrected chi connectivity index (χ0v) is 20.6. The van der Waals surface area contributed by atoms with Gasteiger partial charge in [-0.2, -0.15) is 0 Å². The van der Waals surface area contributed by atoms with E-state index >= 15 is 0 Å². The maximum absolute atomic E-state index is 13.6. The molecule has 11 heteroatoms. The zero-order chi connectivity index (χ0) is 25.2.